The summed E-state index contributed by atoms with van der Waals surface area (Å²) >= 11 is 0. The Hall–Kier alpha value is -2.27. The highest BCUT2D eigenvalue weighted by molar-refractivity contribution is 5.44. The number of hydrogen-bond acceptors (Lipinski definition) is 5. The minimum atomic E-state index is 0.358. The average molecular weight is 273 g/mol. The Morgan fingerprint density at radius 3 is 2.75 bits per heavy atom. The number of nitrogens with zero attached hydrogens (tertiary/aromatic N) is 1. The summed E-state index contributed by atoms with van der Waals surface area (Å²) < 4.78 is 11.1. The molecule has 0 atom stereocenters. The Morgan fingerprint density at radius 1 is 1.20 bits per heavy atom. The fraction of sp³-hybridized carbons (Fsp3) is 0.267. The Morgan fingerprint density at radius 2 is 2.05 bits per heavy atom. The van der Waals surface area contributed by atoms with Crippen molar-refractivity contribution in [3.63, 3.8) is 0 Å². The molecule has 0 radical (unpaired) electrons. The van der Waals surface area contributed by atoms with Gasteiger partial charge in [-0.2, -0.15) is 0 Å². The van der Waals surface area contributed by atoms with Crippen molar-refractivity contribution in [2.45, 2.75) is 20.0 Å². The van der Waals surface area contributed by atoms with Crippen LogP contribution in [0.2, 0.25) is 0 Å². The van der Waals surface area contributed by atoms with E-state index in [0.717, 1.165) is 23.6 Å². The van der Waals surface area contributed by atoms with Crippen molar-refractivity contribution in [1.29, 1.82) is 0 Å². The van der Waals surface area contributed by atoms with Crippen molar-refractivity contribution in [1.82, 2.24) is 4.98 Å². The number of aromatic nitrogens is 1. The monoisotopic (exact) mass is 273 g/mol. The van der Waals surface area contributed by atoms with Crippen molar-refractivity contribution in [2.75, 3.05) is 12.5 Å². The first-order valence-electron chi connectivity index (χ1n) is 6.48. The van der Waals surface area contributed by atoms with E-state index in [1.807, 2.05) is 24.3 Å². The summed E-state index contributed by atoms with van der Waals surface area (Å²) in [6, 6.07) is 9.57. The zero-order valence-corrected chi connectivity index (χ0v) is 11.7. The molecule has 0 spiro atoms. The van der Waals surface area contributed by atoms with Gasteiger partial charge >= 0.3 is 0 Å². The smallest absolute Gasteiger partial charge is 0.161 e. The van der Waals surface area contributed by atoms with Gasteiger partial charge in [-0.3, -0.25) is 10.8 Å². The second-order valence-electron chi connectivity index (χ2n) is 4.31. The highest BCUT2D eigenvalue weighted by atomic mass is 16.5. The van der Waals surface area contributed by atoms with Gasteiger partial charge in [0.1, 0.15) is 6.61 Å². The number of nitrogen functional groups attached to an aromatic ring is 1. The van der Waals surface area contributed by atoms with Gasteiger partial charge < -0.3 is 14.9 Å². The Kier molecular flexibility index (Phi) is 4.79. The van der Waals surface area contributed by atoms with Gasteiger partial charge in [-0.15, -0.1) is 0 Å². The molecular formula is C15H19N3O2. The van der Waals surface area contributed by atoms with Crippen LogP contribution in [0, 0.1) is 0 Å². The predicted molar refractivity (Wildman–Crippen MR) is 78.8 cm³/mol. The van der Waals surface area contributed by atoms with E-state index >= 15 is 0 Å². The number of nitrogens with one attached hydrogen (secondary N) is 1. The van der Waals surface area contributed by atoms with Gasteiger partial charge in [-0.25, -0.2) is 0 Å². The number of pyridine rings is 1. The van der Waals surface area contributed by atoms with E-state index in [4.69, 9.17) is 15.3 Å². The summed E-state index contributed by atoms with van der Waals surface area (Å²) in [6.45, 7) is 2.46. The van der Waals surface area contributed by atoms with Crippen LogP contribution in [0.4, 0.5) is 5.69 Å². The molecule has 5 heteroatoms. The van der Waals surface area contributed by atoms with Crippen molar-refractivity contribution in [2.24, 2.45) is 5.84 Å². The van der Waals surface area contributed by atoms with Crippen LogP contribution >= 0.6 is 0 Å². The standard InChI is InChI=1S/C15H19N3O2/c1-3-11-4-5-14(15(8-11)19-2)20-10-13-9-12(18-16)6-7-17-13/h4-9H,3,10,16H2,1-2H3,(H,17,18). The molecule has 3 N–H and O–H groups in total. The van der Waals surface area contributed by atoms with E-state index in [1.54, 1.807) is 19.4 Å². The van der Waals surface area contributed by atoms with Crippen LogP contribution in [0.25, 0.3) is 0 Å². The lowest BCUT2D eigenvalue weighted by Crippen LogP contribution is -2.08. The minimum Gasteiger partial charge on any atom is -0.493 e. The zero-order chi connectivity index (χ0) is 14.4. The first kappa shape index (κ1) is 14.1. The summed E-state index contributed by atoms with van der Waals surface area (Å²) in [6.07, 6.45) is 2.65. The lowest BCUT2D eigenvalue weighted by molar-refractivity contribution is 0.280. The third kappa shape index (κ3) is 3.39. The molecule has 1 aromatic carbocycles. The zero-order valence-electron chi connectivity index (χ0n) is 11.7. The topological polar surface area (TPSA) is 69.4 Å². The molecule has 1 heterocycles. The van der Waals surface area contributed by atoms with Crippen molar-refractivity contribution < 1.29 is 9.47 Å². The van der Waals surface area contributed by atoms with Gasteiger partial charge in [0.25, 0.3) is 0 Å². The molecule has 0 bridgehead atoms. The number of benzene rings is 1. The number of anilines is 1. The fourth-order valence-corrected chi connectivity index (χ4v) is 1.85. The first-order chi connectivity index (χ1) is 9.76. The predicted octanol–water partition coefficient (Wildman–Crippen LogP) is 2.52. The van der Waals surface area contributed by atoms with Gasteiger partial charge in [0.2, 0.25) is 0 Å². The number of hydrazine groups is 1. The number of ether oxygens (including phenoxy) is 2. The van der Waals surface area contributed by atoms with Crippen molar-refractivity contribution in [3.05, 3.63) is 47.8 Å². The van der Waals surface area contributed by atoms with Crippen LogP contribution in [0.5, 0.6) is 11.5 Å². The second kappa shape index (κ2) is 6.77. The SMILES string of the molecule is CCc1ccc(OCc2cc(NN)ccn2)c(OC)c1. The number of nitrogens with two attached hydrogens (primary N) is 1. The number of aryl methyl sites for hydroxylation is 1. The average Bonchev–Trinajstić information content (AvgIpc) is 2.52. The Bertz CT molecular complexity index is 573. The molecule has 0 aliphatic heterocycles. The molecule has 5 nitrogen and oxygen atoms in total. The number of hydrogen-bond donors (Lipinski definition) is 2. The molecule has 0 saturated heterocycles. The molecule has 106 valence electrons. The van der Waals surface area contributed by atoms with E-state index in [0.29, 0.717) is 12.4 Å². The molecule has 0 amide bonds. The maximum absolute atomic E-state index is 5.76. The van der Waals surface area contributed by atoms with E-state index in [9.17, 15) is 0 Å². The van der Waals surface area contributed by atoms with Crippen LogP contribution < -0.4 is 20.7 Å². The molecule has 0 fully saturated rings. The molecule has 2 rings (SSSR count). The summed E-state index contributed by atoms with van der Waals surface area (Å²) in [4.78, 5) is 4.23. The summed E-state index contributed by atoms with van der Waals surface area (Å²) in [5.74, 6) is 6.80. The van der Waals surface area contributed by atoms with Gasteiger partial charge in [-0.1, -0.05) is 13.0 Å². The maximum Gasteiger partial charge on any atom is 0.161 e. The van der Waals surface area contributed by atoms with Gasteiger partial charge in [0.15, 0.2) is 11.5 Å². The normalized spacial score (nSPS) is 10.2. The highest BCUT2D eigenvalue weighted by Gasteiger charge is 2.06. The Labute approximate surface area is 118 Å². The van der Waals surface area contributed by atoms with Crippen LogP contribution in [0.3, 0.4) is 0 Å². The molecule has 1 aromatic heterocycles. The second-order valence-corrected chi connectivity index (χ2v) is 4.31. The van der Waals surface area contributed by atoms with Crippen LogP contribution in [-0.4, -0.2) is 12.1 Å². The molecule has 0 unspecified atom stereocenters. The molecule has 0 aliphatic carbocycles. The third-order valence-corrected chi connectivity index (χ3v) is 3.00. The van der Waals surface area contributed by atoms with Crippen LogP contribution in [0.15, 0.2) is 36.5 Å². The Balaban J connectivity index is 2.10. The summed E-state index contributed by atoms with van der Waals surface area (Å²) in [5.41, 5.74) is 5.38. The first-order valence-corrected chi connectivity index (χ1v) is 6.48. The molecule has 0 saturated carbocycles. The molecule has 0 aliphatic rings. The largest absolute Gasteiger partial charge is 0.493 e. The summed E-state index contributed by atoms with van der Waals surface area (Å²) in [5, 5.41) is 0. The molecule has 20 heavy (non-hydrogen) atoms. The lowest BCUT2D eigenvalue weighted by Gasteiger charge is -2.12. The molecule has 2 aromatic rings. The highest BCUT2D eigenvalue weighted by Crippen LogP contribution is 2.28. The number of methoxy groups -OCH3 is 1. The van der Waals surface area contributed by atoms with E-state index in [-0.39, 0.29) is 0 Å². The maximum atomic E-state index is 5.76. The van der Waals surface area contributed by atoms with Gasteiger partial charge in [0, 0.05) is 6.20 Å². The van der Waals surface area contributed by atoms with Gasteiger partial charge in [-0.05, 0) is 36.2 Å². The van der Waals surface area contributed by atoms with Crippen LogP contribution in [-0.2, 0) is 13.0 Å². The summed E-state index contributed by atoms with van der Waals surface area (Å²) in [7, 11) is 1.64. The quantitative estimate of drug-likeness (QED) is 0.625. The van der Waals surface area contributed by atoms with E-state index < -0.39 is 0 Å². The van der Waals surface area contributed by atoms with Gasteiger partial charge in [0.05, 0.1) is 18.5 Å². The number of rotatable bonds is 6. The third-order valence-electron chi connectivity index (χ3n) is 3.00. The lowest BCUT2D eigenvalue weighted by atomic mass is 10.1. The van der Waals surface area contributed by atoms with Crippen molar-refractivity contribution in [3.8, 4) is 11.5 Å². The van der Waals surface area contributed by atoms with Crippen LogP contribution in [0.1, 0.15) is 18.2 Å². The molecular weight excluding hydrogens is 254 g/mol. The van der Waals surface area contributed by atoms with E-state index in [1.165, 1.54) is 5.56 Å². The fourth-order valence-electron chi connectivity index (χ4n) is 1.85. The van der Waals surface area contributed by atoms with Crippen molar-refractivity contribution >= 4 is 5.69 Å². The van der Waals surface area contributed by atoms with E-state index in [2.05, 4.69) is 17.3 Å². The minimum absolute atomic E-state index is 0.358.